The summed E-state index contributed by atoms with van der Waals surface area (Å²) in [4.78, 5) is 12.7. The summed E-state index contributed by atoms with van der Waals surface area (Å²) in [6.45, 7) is 6.34. The quantitative estimate of drug-likeness (QED) is 0.576. The van der Waals surface area contributed by atoms with Crippen LogP contribution in [0.3, 0.4) is 0 Å². The van der Waals surface area contributed by atoms with E-state index in [0.29, 0.717) is 12.3 Å². The summed E-state index contributed by atoms with van der Waals surface area (Å²) in [6.07, 6.45) is 6.19. The first-order chi connectivity index (χ1) is 9.41. The molecule has 0 aromatic carbocycles. The Morgan fingerprint density at radius 1 is 1.15 bits per heavy atom. The molecule has 0 aromatic heterocycles. The van der Waals surface area contributed by atoms with Gasteiger partial charge in [0.1, 0.15) is 6.10 Å². The molecule has 4 heteroatoms. The molecule has 4 fully saturated rings. The van der Waals surface area contributed by atoms with Crippen LogP contribution in [0.2, 0.25) is 0 Å². The molecule has 0 spiro atoms. The first-order valence-corrected chi connectivity index (χ1v) is 8.02. The van der Waals surface area contributed by atoms with Gasteiger partial charge in [-0.15, -0.1) is 0 Å². The predicted octanol–water partition coefficient (Wildman–Crippen LogP) is 3.00. The van der Waals surface area contributed by atoms with Gasteiger partial charge in [-0.05, 0) is 38.0 Å². The number of rotatable bonds is 2. The van der Waals surface area contributed by atoms with Gasteiger partial charge in [-0.2, -0.15) is 0 Å². The minimum Gasteiger partial charge on any atom is -0.462 e. The summed E-state index contributed by atoms with van der Waals surface area (Å²) in [5, 5.41) is 0. The molecule has 0 radical (unpaired) electrons. The van der Waals surface area contributed by atoms with Crippen molar-refractivity contribution in [3.8, 4) is 0 Å². The van der Waals surface area contributed by atoms with Crippen LogP contribution in [0.5, 0.6) is 0 Å². The number of esters is 1. The van der Waals surface area contributed by atoms with Gasteiger partial charge in [-0.3, -0.25) is 4.79 Å². The molecule has 2 heterocycles. The summed E-state index contributed by atoms with van der Waals surface area (Å²) in [5.74, 6) is -0.0537. The van der Waals surface area contributed by atoms with Crippen molar-refractivity contribution in [2.45, 2.75) is 77.0 Å². The van der Waals surface area contributed by atoms with E-state index < -0.39 is 11.2 Å². The van der Waals surface area contributed by atoms with Crippen molar-refractivity contribution in [1.82, 2.24) is 0 Å². The number of epoxide rings is 2. The molecule has 4 atom stereocenters. The summed E-state index contributed by atoms with van der Waals surface area (Å²) in [7, 11) is 0. The molecular formula is C16H24O4. The van der Waals surface area contributed by atoms with Gasteiger partial charge < -0.3 is 14.2 Å². The standard InChI is InChI=1S/C16H24O4/c1-10-6-4-5-7-12(10)18-13(17)14(3)9-16-15(19-16,20-16)8-11(14)2/h10-12H,4-9H2,1-3H3. The number of carbonyl (C=O) groups is 1. The van der Waals surface area contributed by atoms with E-state index in [1.807, 2.05) is 6.92 Å². The zero-order valence-electron chi connectivity index (χ0n) is 12.6. The molecule has 4 nitrogen and oxygen atoms in total. The Hall–Kier alpha value is -0.610. The third-order valence-electron chi connectivity index (χ3n) is 6.18. The van der Waals surface area contributed by atoms with Gasteiger partial charge in [0.25, 0.3) is 0 Å². The van der Waals surface area contributed by atoms with Gasteiger partial charge in [-0.25, -0.2) is 0 Å². The number of hydrogen-bond donors (Lipinski definition) is 0. The second kappa shape index (κ2) is 3.77. The maximum atomic E-state index is 12.7. The summed E-state index contributed by atoms with van der Waals surface area (Å²) >= 11 is 0. The van der Waals surface area contributed by atoms with Crippen LogP contribution in [-0.4, -0.2) is 23.6 Å². The minimum absolute atomic E-state index is 0.0438. The molecule has 4 rings (SSSR count). The number of hydrogen-bond acceptors (Lipinski definition) is 4. The molecule has 0 N–H and O–H groups in total. The topological polar surface area (TPSA) is 51.4 Å². The van der Waals surface area contributed by atoms with E-state index >= 15 is 0 Å². The average Bonchev–Trinajstić information content (AvgIpc) is 3.17. The van der Waals surface area contributed by atoms with Gasteiger partial charge in [0.15, 0.2) is 0 Å². The molecule has 2 aliphatic heterocycles. The van der Waals surface area contributed by atoms with Crippen LogP contribution in [0.15, 0.2) is 0 Å². The molecule has 4 unspecified atom stereocenters. The molecule has 2 saturated carbocycles. The predicted molar refractivity (Wildman–Crippen MR) is 71.6 cm³/mol. The molecule has 112 valence electrons. The summed E-state index contributed by atoms with van der Waals surface area (Å²) in [6, 6.07) is 0. The van der Waals surface area contributed by atoms with E-state index in [1.54, 1.807) is 0 Å². The average molecular weight is 280 g/mol. The van der Waals surface area contributed by atoms with E-state index in [1.165, 1.54) is 19.3 Å². The van der Waals surface area contributed by atoms with Gasteiger partial charge in [0, 0.05) is 12.8 Å². The fraction of sp³-hybridized carbons (Fsp3) is 0.938. The minimum atomic E-state index is -0.465. The van der Waals surface area contributed by atoms with Crippen molar-refractivity contribution < 1.29 is 19.0 Å². The van der Waals surface area contributed by atoms with E-state index in [4.69, 9.17) is 14.2 Å². The summed E-state index contributed by atoms with van der Waals surface area (Å²) < 4.78 is 17.2. The molecule has 0 aromatic rings. The summed E-state index contributed by atoms with van der Waals surface area (Å²) in [5.41, 5.74) is -0.465. The maximum Gasteiger partial charge on any atom is 0.312 e. The molecule has 2 aliphatic carbocycles. The number of carbonyl (C=O) groups excluding carboxylic acids is 1. The second-order valence-electron chi connectivity index (χ2n) is 7.61. The third kappa shape index (κ3) is 1.58. The van der Waals surface area contributed by atoms with Crippen LogP contribution >= 0.6 is 0 Å². The van der Waals surface area contributed by atoms with Gasteiger partial charge in [0.05, 0.1) is 5.41 Å². The molecule has 4 aliphatic rings. The van der Waals surface area contributed by atoms with Crippen molar-refractivity contribution in [3.63, 3.8) is 0 Å². The van der Waals surface area contributed by atoms with Gasteiger partial charge in [-0.1, -0.05) is 20.3 Å². The highest BCUT2D eigenvalue weighted by Gasteiger charge is 2.94. The highest BCUT2D eigenvalue weighted by molar-refractivity contribution is 5.78. The van der Waals surface area contributed by atoms with Crippen molar-refractivity contribution in [2.24, 2.45) is 17.3 Å². The fourth-order valence-electron chi connectivity index (χ4n) is 4.22. The Labute approximate surface area is 120 Å². The molecule has 0 bridgehead atoms. The smallest absolute Gasteiger partial charge is 0.312 e. The first kappa shape index (κ1) is 13.1. The van der Waals surface area contributed by atoms with Crippen molar-refractivity contribution in [3.05, 3.63) is 0 Å². The van der Waals surface area contributed by atoms with E-state index in [2.05, 4.69) is 13.8 Å². The Bertz CT molecular complexity index is 453. The molecule has 2 saturated heterocycles. The third-order valence-corrected chi connectivity index (χ3v) is 6.18. The van der Waals surface area contributed by atoms with Gasteiger partial charge >= 0.3 is 5.97 Å². The van der Waals surface area contributed by atoms with Crippen LogP contribution in [0.25, 0.3) is 0 Å². The van der Waals surface area contributed by atoms with Crippen LogP contribution in [0, 0.1) is 17.3 Å². The van der Waals surface area contributed by atoms with Crippen molar-refractivity contribution in [2.75, 3.05) is 0 Å². The lowest BCUT2D eigenvalue weighted by atomic mass is 9.68. The normalized spacial score (nSPS) is 56.5. The zero-order chi connectivity index (χ0) is 14.2. The Kier molecular flexibility index (Phi) is 2.47. The lowest BCUT2D eigenvalue weighted by Crippen LogP contribution is -2.43. The highest BCUT2D eigenvalue weighted by atomic mass is 17.0. The van der Waals surface area contributed by atoms with Gasteiger partial charge in [0.2, 0.25) is 11.6 Å². The lowest BCUT2D eigenvalue weighted by molar-refractivity contribution is -0.170. The second-order valence-corrected chi connectivity index (χ2v) is 7.61. The van der Waals surface area contributed by atoms with Crippen LogP contribution in [-0.2, 0) is 19.0 Å². The Morgan fingerprint density at radius 3 is 2.55 bits per heavy atom. The first-order valence-electron chi connectivity index (χ1n) is 8.02. The molecule has 20 heavy (non-hydrogen) atoms. The lowest BCUT2D eigenvalue weighted by Gasteiger charge is -2.37. The van der Waals surface area contributed by atoms with Crippen LogP contribution in [0.1, 0.15) is 59.3 Å². The largest absolute Gasteiger partial charge is 0.462 e. The fourth-order valence-corrected chi connectivity index (χ4v) is 4.22. The van der Waals surface area contributed by atoms with E-state index in [0.717, 1.165) is 12.8 Å². The SMILES string of the molecule is CC1CCCCC1OC(=O)C1(C)CC23OC2(CC1C)O3. The van der Waals surface area contributed by atoms with Crippen molar-refractivity contribution in [1.29, 1.82) is 0 Å². The molecule has 0 amide bonds. The number of ether oxygens (including phenoxy) is 3. The molecular weight excluding hydrogens is 256 g/mol. The van der Waals surface area contributed by atoms with Crippen LogP contribution < -0.4 is 0 Å². The zero-order valence-corrected chi connectivity index (χ0v) is 12.6. The Morgan fingerprint density at radius 2 is 1.85 bits per heavy atom. The van der Waals surface area contributed by atoms with Crippen LogP contribution in [0.4, 0.5) is 0 Å². The van der Waals surface area contributed by atoms with E-state index in [-0.39, 0.29) is 23.8 Å². The monoisotopic (exact) mass is 280 g/mol. The van der Waals surface area contributed by atoms with Crippen molar-refractivity contribution >= 4 is 5.97 Å². The highest BCUT2D eigenvalue weighted by Crippen LogP contribution is 2.78. The van der Waals surface area contributed by atoms with E-state index in [9.17, 15) is 4.79 Å². The Balaban J connectivity index is 1.47. The maximum absolute atomic E-state index is 12.7.